The maximum absolute atomic E-state index is 13.0. The Bertz CT molecular complexity index is 675. The summed E-state index contributed by atoms with van der Waals surface area (Å²) in [5.74, 6) is 0.178. The number of amides is 2. The molecule has 1 aromatic heterocycles. The summed E-state index contributed by atoms with van der Waals surface area (Å²) < 4.78 is 0. The molecule has 24 heavy (non-hydrogen) atoms. The summed E-state index contributed by atoms with van der Waals surface area (Å²) in [6.07, 6.45) is 2.12. The number of likely N-dealkylation sites (tertiary alicyclic amines) is 2. The van der Waals surface area contributed by atoms with Gasteiger partial charge in [-0.25, -0.2) is 4.98 Å². The highest BCUT2D eigenvalue weighted by molar-refractivity contribution is 7.09. The molecule has 6 nitrogen and oxygen atoms in total. The number of nitrogens with zero attached hydrogens (tertiary/aromatic N) is 3. The van der Waals surface area contributed by atoms with Crippen LogP contribution in [0.1, 0.15) is 36.9 Å². The Morgan fingerprint density at radius 1 is 1.46 bits per heavy atom. The summed E-state index contributed by atoms with van der Waals surface area (Å²) in [6.45, 7) is 7.20. The van der Waals surface area contributed by atoms with Crippen LogP contribution in [0.4, 0.5) is 0 Å². The Morgan fingerprint density at radius 2 is 2.29 bits per heavy atom. The van der Waals surface area contributed by atoms with Crippen LogP contribution in [0.15, 0.2) is 5.38 Å². The number of piperidine rings is 1. The number of aryl methyl sites for hydroxylation is 1. The van der Waals surface area contributed by atoms with E-state index in [1.54, 1.807) is 11.3 Å². The van der Waals surface area contributed by atoms with Crippen LogP contribution in [-0.2, 0) is 16.1 Å². The Kier molecular flexibility index (Phi) is 3.88. The van der Waals surface area contributed by atoms with E-state index in [9.17, 15) is 9.59 Å². The van der Waals surface area contributed by atoms with Gasteiger partial charge in [-0.15, -0.1) is 11.3 Å². The minimum atomic E-state index is -0.524. The molecule has 0 radical (unpaired) electrons. The number of fused-ring (bicyclic) bond motifs is 2. The third-order valence-corrected chi connectivity index (χ3v) is 6.64. The fourth-order valence-corrected chi connectivity index (χ4v) is 5.15. The highest BCUT2D eigenvalue weighted by Gasteiger charge is 2.50. The van der Waals surface area contributed by atoms with Crippen LogP contribution in [0, 0.1) is 12.3 Å². The lowest BCUT2D eigenvalue weighted by atomic mass is 9.79. The first-order valence-electron chi connectivity index (χ1n) is 8.67. The number of carbonyl (C=O) groups is 2. The standard InChI is InChI=1S/C17H24N4O2S/c1-11-10-24-15(19-11)9-20-7-13-5-12(20)8-21(13)16(23)17(2)3-4-18-14(22)6-17/h10,12-13H,3-9H2,1-2H3,(H,18,22)/t12-,13-,17?/m0/s1. The Balaban J connectivity index is 1.40. The second kappa shape index (κ2) is 5.81. The number of aromatic nitrogens is 1. The fraction of sp³-hybridized carbons (Fsp3) is 0.706. The summed E-state index contributed by atoms with van der Waals surface area (Å²) >= 11 is 1.72. The molecule has 1 aromatic rings. The molecule has 2 amide bonds. The minimum Gasteiger partial charge on any atom is -0.356 e. The molecule has 4 rings (SSSR count). The van der Waals surface area contributed by atoms with Gasteiger partial charge in [0.25, 0.3) is 0 Å². The monoisotopic (exact) mass is 348 g/mol. The molecule has 130 valence electrons. The van der Waals surface area contributed by atoms with Gasteiger partial charge in [0, 0.05) is 49.2 Å². The van der Waals surface area contributed by atoms with E-state index in [4.69, 9.17) is 0 Å². The second-order valence-corrected chi connectivity index (χ2v) is 8.59. The number of rotatable bonds is 3. The van der Waals surface area contributed by atoms with Gasteiger partial charge in [0.1, 0.15) is 5.01 Å². The first-order valence-corrected chi connectivity index (χ1v) is 9.55. The number of nitrogens with one attached hydrogen (secondary N) is 1. The van der Waals surface area contributed by atoms with E-state index in [2.05, 4.69) is 20.6 Å². The summed E-state index contributed by atoms with van der Waals surface area (Å²) in [6, 6.07) is 0.731. The zero-order chi connectivity index (χ0) is 16.9. The summed E-state index contributed by atoms with van der Waals surface area (Å²) in [5, 5.41) is 6.08. The number of carbonyl (C=O) groups excluding carboxylic acids is 2. The maximum Gasteiger partial charge on any atom is 0.229 e. The van der Waals surface area contributed by atoms with E-state index < -0.39 is 5.41 Å². The van der Waals surface area contributed by atoms with Gasteiger partial charge in [0.05, 0.1) is 12.0 Å². The van der Waals surface area contributed by atoms with Crippen LogP contribution in [0.2, 0.25) is 0 Å². The lowest BCUT2D eigenvalue weighted by Crippen LogP contribution is -2.55. The van der Waals surface area contributed by atoms with Crippen LogP contribution in [-0.4, -0.2) is 58.3 Å². The van der Waals surface area contributed by atoms with E-state index in [1.165, 1.54) is 0 Å². The van der Waals surface area contributed by atoms with Gasteiger partial charge in [-0.05, 0) is 19.8 Å². The molecule has 2 bridgehead atoms. The maximum atomic E-state index is 13.0. The highest BCUT2D eigenvalue weighted by Crippen LogP contribution is 2.38. The molecule has 3 atom stereocenters. The van der Waals surface area contributed by atoms with Gasteiger partial charge in [0.15, 0.2) is 0 Å². The molecule has 1 unspecified atom stereocenters. The van der Waals surface area contributed by atoms with E-state index >= 15 is 0 Å². The van der Waals surface area contributed by atoms with E-state index in [0.29, 0.717) is 25.0 Å². The molecule has 3 aliphatic heterocycles. The van der Waals surface area contributed by atoms with Crippen molar-refractivity contribution >= 4 is 23.2 Å². The number of hydrogen-bond acceptors (Lipinski definition) is 5. The smallest absolute Gasteiger partial charge is 0.229 e. The highest BCUT2D eigenvalue weighted by atomic mass is 32.1. The van der Waals surface area contributed by atoms with E-state index in [1.807, 2.05) is 18.7 Å². The molecular formula is C17H24N4O2S. The van der Waals surface area contributed by atoms with Gasteiger partial charge in [0.2, 0.25) is 11.8 Å². The van der Waals surface area contributed by atoms with Crippen molar-refractivity contribution in [2.75, 3.05) is 19.6 Å². The lowest BCUT2D eigenvalue weighted by molar-refractivity contribution is -0.149. The summed E-state index contributed by atoms with van der Waals surface area (Å²) in [4.78, 5) is 33.8. The van der Waals surface area contributed by atoms with Crippen LogP contribution >= 0.6 is 11.3 Å². The van der Waals surface area contributed by atoms with Crippen LogP contribution in [0.25, 0.3) is 0 Å². The van der Waals surface area contributed by atoms with E-state index in [0.717, 1.165) is 43.2 Å². The Morgan fingerprint density at radius 3 is 2.92 bits per heavy atom. The van der Waals surface area contributed by atoms with Gasteiger partial charge in [-0.3, -0.25) is 14.5 Å². The topological polar surface area (TPSA) is 65.5 Å². The lowest BCUT2D eigenvalue weighted by Gasteiger charge is -2.40. The van der Waals surface area contributed by atoms with Crippen molar-refractivity contribution in [2.24, 2.45) is 5.41 Å². The van der Waals surface area contributed by atoms with Gasteiger partial charge in [-0.2, -0.15) is 0 Å². The average Bonchev–Trinajstić information content (AvgIpc) is 3.22. The zero-order valence-electron chi connectivity index (χ0n) is 14.2. The SMILES string of the molecule is Cc1csc(CN2C[C@@H]3C[C@H]2CN3C(=O)C2(C)CCNC(=O)C2)n1. The third kappa shape index (κ3) is 2.73. The molecule has 3 fully saturated rings. The molecule has 3 aliphatic rings. The predicted molar refractivity (Wildman–Crippen MR) is 91.5 cm³/mol. The minimum absolute atomic E-state index is 0.00206. The normalized spacial score (nSPS) is 33.1. The van der Waals surface area contributed by atoms with Crippen molar-refractivity contribution in [3.05, 3.63) is 16.1 Å². The first-order chi connectivity index (χ1) is 11.4. The average molecular weight is 348 g/mol. The Hall–Kier alpha value is -1.47. The third-order valence-electron chi connectivity index (χ3n) is 5.69. The molecule has 1 N–H and O–H groups in total. The summed E-state index contributed by atoms with van der Waals surface area (Å²) in [7, 11) is 0. The first kappa shape index (κ1) is 16.0. The molecule has 3 saturated heterocycles. The van der Waals surface area contributed by atoms with Crippen molar-refractivity contribution in [1.29, 1.82) is 0 Å². The van der Waals surface area contributed by atoms with Crippen molar-refractivity contribution in [3.8, 4) is 0 Å². The van der Waals surface area contributed by atoms with Crippen molar-refractivity contribution in [3.63, 3.8) is 0 Å². The van der Waals surface area contributed by atoms with Crippen LogP contribution < -0.4 is 5.32 Å². The number of thiazole rings is 1. The molecule has 4 heterocycles. The molecule has 0 spiro atoms. The van der Waals surface area contributed by atoms with Gasteiger partial charge < -0.3 is 10.2 Å². The molecular weight excluding hydrogens is 324 g/mol. The molecule has 0 aliphatic carbocycles. The summed E-state index contributed by atoms with van der Waals surface area (Å²) in [5.41, 5.74) is 0.559. The van der Waals surface area contributed by atoms with Crippen molar-refractivity contribution in [1.82, 2.24) is 20.1 Å². The van der Waals surface area contributed by atoms with Crippen molar-refractivity contribution < 1.29 is 9.59 Å². The predicted octanol–water partition coefficient (Wildman–Crippen LogP) is 1.15. The van der Waals surface area contributed by atoms with Gasteiger partial charge >= 0.3 is 0 Å². The quantitative estimate of drug-likeness (QED) is 0.890. The largest absolute Gasteiger partial charge is 0.356 e. The van der Waals surface area contributed by atoms with Crippen LogP contribution in [0.3, 0.4) is 0 Å². The fourth-order valence-electron chi connectivity index (χ4n) is 4.35. The van der Waals surface area contributed by atoms with Crippen LogP contribution in [0.5, 0.6) is 0 Å². The number of piperazine rings is 1. The molecule has 0 saturated carbocycles. The second-order valence-electron chi connectivity index (χ2n) is 7.65. The van der Waals surface area contributed by atoms with Crippen molar-refractivity contribution in [2.45, 2.75) is 51.7 Å². The molecule has 7 heteroatoms. The zero-order valence-corrected chi connectivity index (χ0v) is 15.1. The van der Waals surface area contributed by atoms with Gasteiger partial charge in [-0.1, -0.05) is 6.92 Å². The molecule has 0 aromatic carbocycles. The number of hydrogen-bond donors (Lipinski definition) is 1. The van der Waals surface area contributed by atoms with E-state index in [-0.39, 0.29) is 11.8 Å². The Labute approximate surface area is 146 Å².